The smallest absolute Gasteiger partial charge is 0.0738 e. The summed E-state index contributed by atoms with van der Waals surface area (Å²) in [7, 11) is 1.80. The molecule has 15 heavy (non-hydrogen) atoms. The fourth-order valence-corrected chi connectivity index (χ4v) is 1.58. The molecule has 2 rings (SSSR count). The largest absolute Gasteiger partial charge is 0.313 e. The van der Waals surface area contributed by atoms with Crippen LogP contribution in [0.2, 0.25) is 5.02 Å². The zero-order valence-corrected chi connectivity index (χ0v) is 9.72. The van der Waals surface area contributed by atoms with Gasteiger partial charge in [0.2, 0.25) is 0 Å². The van der Waals surface area contributed by atoms with Gasteiger partial charge in [0, 0.05) is 23.7 Å². The zero-order chi connectivity index (χ0) is 10.1. The van der Waals surface area contributed by atoms with Crippen LogP contribution in [0.15, 0.2) is 30.5 Å². The lowest BCUT2D eigenvalue weighted by atomic mass is 10.2. The summed E-state index contributed by atoms with van der Waals surface area (Å²) in [5.41, 5.74) is 1.79. The van der Waals surface area contributed by atoms with Crippen LogP contribution in [0.25, 0.3) is 10.9 Å². The lowest BCUT2D eigenvalue weighted by molar-refractivity contribution is 1.02. The van der Waals surface area contributed by atoms with Gasteiger partial charge in [0.1, 0.15) is 0 Å². The van der Waals surface area contributed by atoms with Gasteiger partial charge in [0.25, 0.3) is 0 Å². The van der Waals surface area contributed by atoms with Crippen LogP contribution < -0.4 is 10.9 Å². The Kier molecular flexibility index (Phi) is 3.74. The molecule has 1 aromatic carbocycles. The van der Waals surface area contributed by atoms with E-state index in [0.717, 1.165) is 16.6 Å². The van der Waals surface area contributed by atoms with Gasteiger partial charge in [-0.05, 0) is 24.3 Å². The molecular weight excluding hydrogens is 233 g/mol. The zero-order valence-electron chi connectivity index (χ0n) is 8.14. The first-order chi connectivity index (χ1) is 6.68. The van der Waals surface area contributed by atoms with Crippen LogP contribution in [0.4, 0.5) is 5.69 Å². The van der Waals surface area contributed by atoms with E-state index in [4.69, 9.17) is 17.4 Å². The summed E-state index contributed by atoms with van der Waals surface area (Å²) in [6.07, 6.45) is 1.72. The van der Waals surface area contributed by atoms with Gasteiger partial charge in [-0.15, -0.1) is 12.4 Å². The Morgan fingerprint density at radius 1 is 1.33 bits per heavy atom. The minimum absolute atomic E-state index is 0. The first-order valence-electron chi connectivity index (χ1n) is 4.21. The number of rotatable bonds is 1. The van der Waals surface area contributed by atoms with Crippen molar-refractivity contribution in [3.05, 3.63) is 35.5 Å². The predicted octanol–water partition coefficient (Wildman–Crippen LogP) is 2.62. The Morgan fingerprint density at radius 3 is 2.73 bits per heavy atom. The van der Waals surface area contributed by atoms with Crippen LogP contribution in [0.3, 0.4) is 0 Å². The minimum Gasteiger partial charge on any atom is -0.313 e. The fraction of sp³-hybridized carbons (Fsp3) is 0.100. The summed E-state index contributed by atoms with van der Waals surface area (Å²) in [6, 6.07) is 7.45. The van der Waals surface area contributed by atoms with E-state index in [-0.39, 0.29) is 12.4 Å². The molecule has 1 heterocycles. The topological polar surface area (TPSA) is 42.1 Å². The molecule has 0 amide bonds. The summed E-state index contributed by atoms with van der Waals surface area (Å²) >= 11 is 5.87. The van der Waals surface area contributed by atoms with Crippen LogP contribution in [0.5, 0.6) is 0 Å². The molecule has 1 aromatic heterocycles. The van der Waals surface area contributed by atoms with Crippen molar-refractivity contribution in [2.45, 2.75) is 0 Å². The van der Waals surface area contributed by atoms with E-state index in [1.54, 1.807) is 18.3 Å². The van der Waals surface area contributed by atoms with Gasteiger partial charge in [0.05, 0.1) is 11.2 Å². The molecule has 0 aliphatic heterocycles. The van der Waals surface area contributed by atoms with Crippen molar-refractivity contribution in [2.75, 3.05) is 12.1 Å². The molecule has 0 saturated heterocycles. The standard InChI is InChI=1S/C10H10ClN3.ClH/c1-14(12)10-4-5-13-9-6-7(11)2-3-8(9)10;/h2-6H,12H2,1H3;1H. The number of nitrogens with two attached hydrogens (primary N) is 1. The van der Waals surface area contributed by atoms with Crippen LogP contribution in [0.1, 0.15) is 0 Å². The highest BCUT2D eigenvalue weighted by Gasteiger charge is 2.03. The van der Waals surface area contributed by atoms with Crippen molar-refractivity contribution < 1.29 is 0 Å². The molecule has 0 atom stereocenters. The highest BCUT2D eigenvalue weighted by atomic mass is 35.5. The first kappa shape index (κ1) is 12.0. The molecule has 0 bridgehead atoms. The number of halogens is 2. The fourth-order valence-electron chi connectivity index (χ4n) is 1.41. The third-order valence-corrected chi connectivity index (χ3v) is 2.30. The number of hydrazine groups is 1. The average molecular weight is 244 g/mol. The Balaban J connectivity index is 0.00000112. The highest BCUT2D eigenvalue weighted by Crippen LogP contribution is 2.25. The van der Waals surface area contributed by atoms with Gasteiger partial charge >= 0.3 is 0 Å². The minimum atomic E-state index is 0. The second kappa shape index (κ2) is 4.66. The Bertz CT molecular complexity index is 471. The van der Waals surface area contributed by atoms with Crippen LogP contribution in [-0.4, -0.2) is 12.0 Å². The van der Waals surface area contributed by atoms with E-state index < -0.39 is 0 Å². The van der Waals surface area contributed by atoms with Gasteiger partial charge in [-0.25, -0.2) is 5.84 Å². The number of benzene rings is 1. The van der Waals surface area contributed by atoms with Crippen molar-refractivity contribution in [2.24, 2.45) is 5.84 Å². The summed E-state index contributed by atoms with van der Waals surface area (Å²) < 4.78 is 0. The van der Waals surface area contributed by atoms with Crippen LogP contribution in [0, 0.1) is 0 Å². The molecule has 0 aliphatic rings. The highest BCUT2D eigenvalue weighted by molar-refractivity contribution is 6.31. The summed E-state index contributed by atoms with van der Waals surface area (Å²) in [5, 5.41) is 3.25. The molecule has 80 valence electrons. The van der Waals surface area contributed by atoms with Crippen LogP contribution in [-0.2, 0) is 0 Å². The van der Waals surface area contributed by atoms with Gasteiger partial charge in [-0.3, -0.25) is 4.98 Å². The van der Waals surface area contributed by atoms with Crippen molar-refractivity contribution in [3.63, 3.8) is 0 Å². The van der Waals surface area contributed by atoms with E-state index in [9.17, 15) is 0 Å². The van der Waals surface area contributed by atoms with Crippen LogP contribution >= 0.6 is 24.0 Å². The van der Waals surface area contributed by atoms with Crippen molar-refractivity contribution >= 4 is 40.6 Å². The SMILES string of the molecule is CN(N)c1ccnc2cc(Cl)ccc12.Cl. The monoisotopic (exact) mass is 243 g/mol. The molecule has 2 aromatic rings. The third kappa shape index (κ3) is 2.31. The molecule has 0 unspecified atom stereocenters. The molecule has 0 radical (unpaired) electrons. The number of pyridine rings is 1. The molecule has 2 N–H and O–H groups in total. The van der Waals surface area contributed by atoms with E-state index in [1.807, 2.05) is 24.3 Å². The second-order valence-corrected chi connectivity index (χ2v) is 3.54. The van der Waals surface area contributed by atoms with E-state index in [1.165, 1.54) is 0 Å². The van der Waals surface area contributed by atoms with Crippen molar-refractivity contribution in [1.29, 1.82) is 0 Å². The second-order valence-electron chi connectivity index (χ2n) is 3.10. The number of fused-ring (bicyclic) bond motifs is 1. The Labute approximate surface area is 99.2 Å². The average Bonchev–Trinajstić information content (AvgIpc) is 2.16. The maximum absolute atomic E-state index is 5.87. The van der Waals surface area contributed by atoms with Crippen molar-refractivity contribution in [1.82, 2.24) is 4.98 Å². The van der Waals surface area contributed by atoms with Gasteiger partial charge < -0.3 is 5.01 Å². The maximum Gasteiger partial charge on any atom is 0.0738 e. The van der Waals surface area contributed by atoms with E-state index in [0.29, 0.717) is 5.02 Å². The normalized spacial score (nSPS) is 9.80. The van der Waals surface area contributed by atoms with Gasteiger partial charge in [-0.1, -0.05) is 11.6 Å². The van der Waals surface area contributed by atoms with E-state index in [2.05, 4.69) is 4.98 Å². The predicted molar refractivity (Wildman–Crippen MR) is 66.6 cm³/mol. The molecule has 5 heteroatoms. The molecule has 0 spiro atoms. The number of hydrogen-bond donors (Lipinski definition) is 1. The molecule has 0 fully saturated rings. The third-order valence-electron chi connectivity index (χ3n) is 2.06. The summed E-state index contributed by atoms with van der Waals surface area (Å²) in [6.45, 7) is 0. The van der Waals surface area contributed by atoms with E-state index >= 15 is 0 Å². The molecule has 0 aliphatic carbocycles. The van der Waals surface area contributed by atoms with Crippen molar-refractivity contribution in [3.8, 4) is 0 Å². The number of hydrogen-bond acceptors (Lipinski definition) is 3. The van der Waals surface area contributed by atoms with Gasteiger partial charge in [-0.2, -0.15) is 0 Å². The first-order valence-corrected chi connectivity index (χ1v) is 4.59. The Hall–Kier alpha value is -1.03. The lowest BCUT2D eigenvalue weighted by Crippen LogP contribution is -2.25. The molecule has 0 saturated carbocycles. The number of nitrogens with zero attached hydrogens (tertiary/aromatic N) is 2. The number of aromatic nitrogens is 1. The summed E-state index contributed by atoms with van der Waals surface area (Å²) in [5.74, 6) is 5.69. The summed E-state index contributed by atoms with van der Waals surface area (Å²) in [4.78, 5) is 4.22. The number of anilines is 1. The Morgan fingerprint density at radius 2 is 2.07 bits per heavy atom. The maximum atomic E-state index is 5.87. The quantitative estimate of drug-likeness (QED) is 0.619. The molecular formula is C10H11Cl2N3. The molecule has 3 nitrogen and oxygen atoms in total. The van der Waals surface area contributed by atoms with Gasteiger partial charge in [0.15, 0.2) is 0 Å². The lowest BCUT2D eigenvalue weighted by Gasteiger charge is -2.14.